The Labute approximate surface area is 163 Å². The zero-order valence-electron chi connectivity index (χ0n) is 18.5. The van der Waals surface area contributed by atoms with E-state index in [-0.39, 0.29) is 0 Å². The number of hydrogen-bond donors (Lipinski definition) is 0. The predicted octanol–water partition coefficient (Wildman–Crippen LogP) is 6.52. The smallest absolute Gasteiger partial charge is 0.0530 e. The molecule has 4 fully saturated rings. The summed E-state index contributed by atoms with van der Waals surface area (Å²) in [7, 11) is 0. The second-order valence-electron chi connectivity index (χ2n) is 11.8. The van der Waals surface area contributed by atoms with Gasteiger partial charge in [-0.2, -0.15) is 0 Å². The van der Waals surface area contributed by atoms with Gasteiger partial charge in [-0.05, 0) is 84.4 Å². The van der Waals surface area contributed by atoms with Crippen LogP contribution in [0.4, 0.5) is 0 Å². The fourth-order valence-corrected chi connectivity index (χ4v) is 8.59. The maximum atomic E-state index is 6.61. The topological polar surface area (TPSA) is 9.23 Å². The molecule has 3 saturated carbocycles. The first-order valence-corrected chi connectivity index (χ1v) is 11.9. The van der Waals surface area contributed by atoms with Gasteiger partial charge >= 0.3 is 0 Å². The minimum Gasteiger partial charge on any atom is -0.381 e. The third-order valence-corrected chi connectivity index (χ3v) is 9.49. The van der Waals surface area contributed by atoms with E-state index in [2.05, 4.69) is 48.5 Å². The van der Waals surface area contributed by atoms with Crippen molar-refractivity contribution < 1.29 is 4.74 Å². The molecule has 26 heavy (non-hydrogen) atoms. The molecule has 0 N–H and O–H groups in total. The van der Waals surface area contributed by atoms with Crippen LogP contribution in [0.5, 0.6) is 0 Å². The molecule has 4 aliphatic rings. The summed E-state index contributed by atoms with van der Waals surface area (Å²) < 4.78 is 6.61. The zero-order valence-corrected chi connectivity index (χ0v) is 18.5. The van der Waals surface area contributed by atoms with Crippen LogP contribution in [0, 0.1) is 70.5 Å². The van der Waals surface area contributed by atoms with Crippen LogP contribution in [-0.4, -0.2) is 13.2 Å². The highest BCUT2D eigenvalue weighted by Crippen LogP contribution is 2.82. The summed E-state index contributed by atoms with van der Waals surface area (Å²) in [6, 6.07) is 0. The molecule has 0 aromatic carbocycles. The van der Waals surface area contributed by atoms with Gasteiger partial charge in [-0.15, -0.1) is 0 Å². The number of ether oxygens (including phenoxy) is 1. The highest BCUT2D eigenvalue weighted by Gasteiger charge is 2.80. The quantitative estimate of drug-likeness (QED) is 0.542. The van der Waals surface area contributed by atoms with Crippen molar-refractivity contribution in [1.82, 2.24) is 0 Å². The van der Waals surface area contributed by atoms with E-state index in [0.29, 0.717) is 5.41 Å². The van der Waals surface area contributed by atoms with Gasteiger partial charge in [0, 0.05) is 12.0 Å². The van der Waals surface area contributed by atoms with Crippen molar-refractivity contribution in [3.63, 3.8) is 0 Å². The van der Waals surface area contributed by atoms with Gasteiger partial charge in [-0.3, -0.25) is 0 Å². The van der Waals surface area contributed by atoms with Crippen molar-refractivity contribution in [3.05, 3.63) is 0 Å². The lowest BCUT2D eigenvalue weighted by Gasteiger charge is -2.50. The summed E-state index contributed by atoms with van der Waals surface area (Å²) in [6.07, 6.45) is 5.69. The average molecular weight is 361 g/mol. The lowest BCUT2D eigenvalue weighted by atomic mass is 9.56. The van der Waals surface area contributed by atoms with Crippen LogP contribution in [-0.2, 0) is 4.74 Å². The van der Waals surface area contributed by atoms with Gasteiger partial charge < -0.3 is 4.74 Å². The highest BCUT2D eigenvalue weighted by atomic mass is 16.5. The standard InChI is InChI=1S/C25H44O/c1-14(2)10-19(11-15(3)4)20-12-26-13-25-17(6)9-8-16(5)21(20)22-18(7)23(25)24(22)25/h14-24H,8-13H2,1-7H3. The Morgan fingerprint density at radius 1 is 0.885 bits per heavy atom. The molecule has 9 atom stereocenters. The van der Waals surface area contributed by atoms with Crippen LogP contribution in [0.3, 0.4) is 0 Å². The molecule has 3 aliphatic carbocycles. The SMILES string of the molecule is CC(C)CC(CC(C)C)C1COCC23C(C)CCC(C)C1C1C(C)C2C13. The molecule has 1 saturated heterocycles. The normalized spacial score (nSPS) is 50.1. The summed E-state index contributed by atoms with van der Waals surface area (Å²) in [5.41, 5.74) is 0.582. The van der Waals surface area contributed by atoms with Crippen LogP contribution in [0.15, 0.2) is 0 Å². The average Bonchev–Trinajstić information content (AvgIpc) is 3.10. The second kappa shape index (κ2) is 6.78. The molecule has 0 amide bonds. The number of rotatable bonds is 5. The largest absolute Gasteiger partial charge is 0.381 e. The third kappa shape index (κ3) is 2.73. The molecular weight excluding hydrogens is 316 g/mol. The van der Waals surface area contributed by atoms with E-state index < -0.39 is 0 Å². The molecule has 1 heteroatoms. The first kappa shape index (κ1) is 19.3. The zero-order chi connectivity index (χ0) is 18.8. The van der Waals surface area contributed by atoms with Crippen LogP contribution in [0.2, 0.25) is 0 Å². The molecule has 0 aromatic rings. The first-order chi connectivity index (χ1) is 12.3. The fraction of sp³-hybridized carbons (Fsp3) is 1.00. The Bertz CT molecular complexity index is 500. The molecular formula is C25H44O. The Morgan fingerprint density at radius 3 is 2.15 bits per heavy atom. The Kier molecular flexibility index (Phi) is 5.03. The maximum Gasteiger partial charge on any atom is 0.0530 e. The Hall–Kier alpha value is -0.0400. The van der Waals surface area contributed by atoms with Crippen molar-refractivity contribution >= 4 is 0 Å². The predicted molar refractivity (Wildman–Crippen MR) is 110 cm³/mol. The van der Waals surface area contributed by atoms with Gasteiger partial charge in [0.15, 0.2) is 0 Å². The van der Waals surface area contributed by atoms with E-state index >= 15 is 0 Å². The van der Waals surface area contributed by atoms with Crippen molar-refractivity contribution in [1.29, 1.82) is 0 Å². The monoisotopic (exact) mass is 360 g/mol. The minimum atomic E-state index is 0.582. The Morgan fingerprint density at radius 2 is 1.54 bits per heavy atom. The van der Waals surface area contributed by atoms with E-state index in [0.717, 1.165) is 78.3 Å². The summed E-state index contributed by atoms with van der Waals surface area (Å²) >= 11 is 0. The molecule has 1 aliphatic heterocycles. The molecule has 1 heterocycles. The second-order valence-corrected chi connectivity index (χ2v) is 11.8. The first-order valence-electron chi connectivity index (χ1n) is 11.9. The van der Waals surface area contributed by atoms with Crippen molar-refractivity contribution in [2.45, 2.75) is 74.1 Å². The molecule has 2 bridgehead atoms. The number of hydrogen-bond acceptors (Lipinski definition) is 1. The van der Waals surface area contributed by atoms with Gasteiger partial charge in [0.1, 0.15) is 0 Å². The third-order valence-electron chi connectivity index (χ3n) is 9.49. The molecule has 9 unspecified atom stereocenters. The van der Waals surface area contributed by atoms with Gasteiger partial charge in [0.05, 0.1) is 6.61 Å². The lowest BCUT2D eigenvalue weighted by Crippen LogP contribution is -2.46. The summed E-state index contributed by atoms with van der Waals surface area (Å²) in [5.74, 6) is 9.94. The summed E-state index contributed by atoms with van der Waals surface area (Å²) in [6.45, 7) is 19.6. The molecule has 150 valence electrons. The fourth-order valence-electron chi connectivity index (χ4n) is 8.59. The van der Waals surface area contributed by atoms with Crippen LogP contribution >= 0.6 is 0 Å². The minimum absolute atomic E-state index is 0.582. The molecule has 1 nitrogen and oxygen atoms in total. The van der Waals surface area contributed by atoms with Crippen LogP contribution < -0.4 is 0 Å². The molecule has 4 rings (SSSR count). The summed E-state index contributed by atoms with van der Waals surface area (Å²) in [5, 5.41) is 0. The van der Waals surface area contributed by atoms with Gasteiger partial charge in [0.2, 0.25) is 0 Å². The van der Waals surface area contributed by atoms with Gasteiger partial charge in [-0.25, -0.2) is 0 Å². The maximum absolute atomic E-state index is 6.61. The van der Waals surface area contributed by atoms with Gasteiger partial charge in [-0.1, -0.05) is 54.9 Å². The van der Waals surface area contributed by atoms with E-state index in [1.54, 1.807) is 0 Å². The van der Waals surface area contributed by atoms with Crippen molar-refractivity contribution in [3.8, 4) is 0 Å². The van der Waals surface area contributed by atoms with Crippen LogP contribution in [0.25, 0.3) is 0 Å². The van der Waals surface area contributed by atoms with E-state index in [1.807, 2.05) is 0 Å². The van der Waals surface area contributed by atoms with E-state index in [9.17, 15) is 0 Å². The Balaban J connectivity index is 1.66. The van der Waals surface area contributed by atoms with E-state index in [4.69, 9.17) is 4.74 Å². The van der Waals surface area contributed by atoms with E-state index in [1.165, 1.54) is 25.7 Å². The molecule has 0 spiro atoms. The molecule has 0 radical (unpaired) electrons. The lowest BCUT2D eigenvalue weighted by molar-refractivity contribution is -0.0731. The summed E-state index contributed by atoms with van der Waals surface area (Å²) in [4.78, 5) is 0. The van der Waals surface area contributed by atoms with Crippen molar-refractivity contribution in [2.24, 2.45) is 70.5 Å². The van der Waals surface area contributed by atoms with Gasteiger partial charge in [0.25, 0.3) is 0 Å². The highest BCUT2D eigenvalue weighted by molar-refractivity contribution is 5.27. The van der Waals surface area contributed by atoms with Crippen LogP contribution in [0.1, 0.15) is 74.1 Å². The van der Waals surface area contributed by atoms with Crippen molar-refractivity contribution in [2.75, 3.05) is 13.2 Å². The molecule has 0 aromatic heterocycles.